The standard InChI is InChI=1S/C14H25N3O3/c1-11-10-15(2)7-3-8-16(11)14(20)17(12-4-5-12)9-6-13(18)19/h11-12H,3-10H2,1-2H3,(H,18,19). The van der Waals surface area contributed by atoms with E-state index in [9.17, 15) is 9.59 Å². The van der Waals surface area contributed by atoms with Gasteiger partial charge in [-0.1, -0.05) is 0 Å². The van der Waals surface area contributed by atoms with E-state index >= 15 is 0 Å². The first-order valence-electron chi connectivity index (χ1n) is 7.46. The number of carboxylic acids is 1. The van der Waals surface area contributed by atoms with Crippen LogP contribution in [0.3, 0.4) is 0 Å². The number of amides is 2. The fraction of sp³-hybridized carbons (Fsp3) is 0.857. The lowest BCUT2D eigenvalue weighted by molar-refractivity contribution is -0.137. The summed E-state index contributed by atoms with van der Waals surface area (Å²) < 4.78 is 0. The van der Waals surface area contributed by atoms with Gasteiger partial charge in [-0.15, -0.1) is 0 Å². The van der Waals surface area contributed by atoms with Crippen molar-refractivity contribution >= 4 is 12.0 Å². The number of nitrogens with zero attached hydrogens (tertiary/aromatic N) is 3. The summed E-state index contributed by atoms with van der Waals surface area (Å²) in [6.07, 6.45) is 3.02. The summed E-state index contributed by atoms with van der Waals surface area (Å²) in [5.74, 6) is -0.841. The summed E-state index contributed by atoms with van der Waals surface area (Å²) in [6.45, 7) is 5.05. The number of carboxylic acid groups (broad SMARTS) is 1. The van der Waals surface area contributed by atoms with Crippen molar-refractivity contribution in [1.29, 1.82) is 0 Å². The average molecular weight is 283 g/mol. The second-order valence-electron chi connectivity index (χ2n) is 6.01. The molecule has 6 heteroatoms. The molecule has 0 aromatic heterocycles. The number of aliphatic carboxylic acids is 1. The molecule has 1 aliphatic heterocycles. The summed E-state index contributed by atoms with van der Waals surface area (Å²) in [6, 6.07) is 0.465. The summed E-state index contributed by atoms with van der Waals surface area (Å²) in [4.78, 5) is 29.4. The van der Waals surface area contributed by atoms with Crippen LogP contribution in [0.15, 0.2) is 0 Å². The van der Waals surface area contributed by atoms with Crippen molar-refractivity contribution in [2.45, 2.75) is 44.7 Å². The number of carbonyl (C=O) groups excluding carboxylic acids is 1. The SMILES string of the molecule is CC1CN(C)CCCN1C(=O)N(CCC(=O)O)C1CC1. The van der Waals surface area contributed by atoms with E-state index < -0.39 is 5.97 Å². The molecule has 2 amide bonds. The minimum absolute atomic E-state index is 0.0246. The fourth-order valence-corrected chi connectivity index (χ4v) is 2.86. The zero-order chi connectivity index (χ0) is 14.7. The maximum atomic E-state index is 12.7. The molecule has 6 nitrogen and oxygen atoms in total. The Morgan fingerprint density at radius 3 is 2.60 bits per heavy atom. The van der Waals surface area contributed by atoms with Gasteiger partial charge in [0.25, 0.3) is 0 Å². The Balaban J connectivity index is 2.00. The van der Waals surface area contributed by atoms with E-state index in [1.807, 2.05) is 4.90 Å². The van der Waals surface area contributed by atoms with E-state index in [-0.39, 0.29) is 24.5 Å². The molecule has 0 aromatic carbocycles. The molecule has 1 N–H and O–H groups in total. The van der Waals surface area contributed by atoms with Gasteiger partial charge >= 0.3 is 12.0 Å². The zero-order valence-electron chi connectivity index (χ0n) is 12.4. The highest BCUT2D eigenvalue weighted by atomic mass is 16.4. The minimum Gasteiger partial charge on any atom is -0.481 e. The fourth-order valence-electron chi connectivity index (χ4n) is 2.86. The predicted molar refractivity (Wildman–Crippen MR) is 75.7 cm³/mol. The van der Waals surface area contributed by atoms with Crippen molar-refractivity contribution in [2.75, 3.05) is 33.2 Å². The molecule has 2 rings (SSSR count). The molecule has 0 aromatic rings. The van der Waals surface area contributed by atoms with Crippen LogP contribution in [0, 0.1) is 0 Å². The van der Waals surface area contributed by atoms with Crippen molar-refractivity contribution < 1.29 is 14.7 Å². The molecule has 0 bridgehead atoms. The van der Waals surface area contributed by atoms with Gasteiger partial charge < -0.3 is 19.8 Å². The Hall–Kier alpha value is -1.30. The van der Waals surface area contributed by atoms with Gasteiger partial charge in [0.2, 0.25) is 0 Å². The maximum absolute atomic E-state index is 12.7. The number of likely N-dealkylation sites (N-methyl/N-ethyl adjacent to an activating group) is 1. The van der Waals surface area contributed by atoms with E-state index in [0.29, 0.717) is 6.54 Å². The molecule has 114 valence electrons. The summed E-state index contributed by atoms with van der Waals surface area (Å²) in [5.41, 5.74) is 0. The van der Waals surface area contributed by atoms with Crippen LogP contribution in [0.25, 0.3) is 0 Å². The van der Waals surface area contributed by atoms with Gasteiger partial charge in [-0.05, 0) is 39.8 Å². The third-order valence-electron chi connectivity index (χ3n) is 4.09. The topological polar surface area (TPSA) is 64.1 Å². The first-order valence-corrected chi connectivity index (χ1v) is 7.46. The summed E-state index contributed by atoms with van der Waals surface area (Å²) >= 11 is 0. The molecule has 2 fully saturated rings. The molecule has 0 radical (unpaired) electrons. The van der Waals surface area contributed by atoms with Gasteiger partial charge in [-0.25, -0.2) is 4.79 Å². The highest BCUT2D eigenvalue weighted by molar-refractivity contribution is 5.76. The van der Waals surface area contributed by atoms with Gasteiger partial charge in [-0.2, -0.15) is 0 Å². The number of hydrogen-bond acceptors (Lipinski definition) is 3. The lowest BCUT2D eigenvalue weighted by atomic mass is 10.2. The highest BCUT2D eigenvalue weighted by Crippen LogP contribution is 2.28. The Morgan fingerprint density at radius 2 is 2.00 bits per heavy atom. The molecule has 1 heterocycles. The van der Waals surface area contributed by atoms with Crippen LogP contribution < -0.4 is 0 Å². The number of hydrogen-bond donors (Lipinski definition) is 1. The zero-order valence-corrected chi connectivity index (χ0v) is 12.4. The lowest BCUT2D eigenvalue weighted by Crippen LogP contribution is -2.50. The predicted octanol–water partition coefficient (Wildman–Crippen LogP) is 1.07. The molecular formula is C14H25N3O3. The van der Waals surface area contributed by atoms with Crippen LogP contribution in [0.4, 0.5) is 4.79 Å². The largest absolute Gasteiger partial charge is 0.481 e. The van der Waals surface area contributed by atoms with Gasteiger partial charge in [0.15, 0.2) is 0 Å². The van der Waals surface area contributed by atoms with Gasteiger partial charge in [0, 0.05) is 31.7 Å². The average Bonchev–Trinajstić information content (AvgIpc) is 3.18. The molecule has 20 heavy (non-hydrogen) atoms. The normalized spacial score (nSPS) is 24.3. The summed E-state index contributed by atoms with van der Waals surface area (Å²) in [7, 11) is 2.08. The third kappa shape index (κ3) is 3.85. The third-order valence-corrected chi connectivity index (χ3v) is 4.09. The molecule has 1 unspecified atom stereocenters. The first kappa shape index (κ1) is 15.1. The smallest absolute Gasteiger partial charge is 0.320 e. The van der Waals surface area contributed by atoms with Crippen LogP contribution in [0.2, 0.25) is 0 Å². The van der Waals surface area contributed by atoms with Crippen molar-refractivity contribution in [2.24, 2.45) is 0 Å². The summed E-state index contributed by atoms with van der Waals surface area (Å²) in [5, 5.41) is 8.83. The van der Waals surface area contributed by atoms with Crippen molar-refractivity contribution in [3.63, 3.8) is 0 Å². The van der Waals surface area contributed by atoms with Crippen LogP contribution in [0.5, 0.6) is 0 Å². The molecule has 1 saturated carbocycles. The maximum Gasteiger partial charge on any atom is 0.320 e. The van der Waals surface area contributed by atoms with Crippen molar-refractivity contribution in [3.8, 4) is 0 Å². The Morgan fingerprint density at radius 1 is 1.30 bits per heavy atom. The van der Waals surface area contributed by atoms with Crippen LogP contribution >= 0.6 is 0 Å². The Kier molecular flexibility index (Phi) is 4.86. The molecular weight excluding hydrogens is 258 g/mol. The minimum atomic E-state index is -0.841. The van der Waals surface area contributed by atoms with Crippen molar-refractivity contribution in [3.05, 3.63) is 0 Å². The first-order chi connectivity index (χ1) is 9.49. The lowest BCUT2D eigenvalue weighted by Gasteiger charge is -2.34. The molecule has 1 saturated heterocycles. The number of carbonyl (C=O) groups is 2. The molecule has 1 atom stereocenters. The van der Waals surface area contributed by atoms with E-state index in [4.69, 9.17) is 5.11 Å². The Bertz CT molecular complexity index is 371. The molecule has 1 aliphatic carbocycles. The van der Waals surface area contributed by atoms with E-state index in [1.165, 1.54) is 0 Å². The highest BCUT2D eigenvalue weighted by Gasteiger charge is 2.36. The second kappa shape index (κ2) is 6.43. The van der Waals surface area contributed by atoms with Crippen LogP contribution in [-0.2, 0) is 4.79 Å². The molecule has 0 spiro atoms. The molecule has 2 aliphatic rings. The second-order valence-corrected chi connectivity index (χ2v) is 6.01. The van der Waals surface area contributed by atoms with Crippen molar-refractivity contribution in [1.82, 2.24) is 14.7 Å². The van der Waals surface area contributed by atoms with E-state index in [1.54, 1.807) is 4.90 Å². The Labute approximate surface area is 120 Å². The van der Waals surface area contributed by atoms with Gasteiger partial charge in [0.1, 0.15) is 0 Å². The van der Waals surface area contributed by atoms with Crippen LogP contribution in [0.1, 0.15) is 32.6 Å². The quantitative estimate of drug-likeness (QED) is 0.838. The van der Waals surface area contributed by atoms with E-state index in [2.05, 4.69) is 18.9 Å². The van der Waals surface area contributed by atoms with Gasteiger partial charge in [-0.3, -0.25) is 4.79 Å². The number of rotatable bonds is 4. The monoisotopic (exact) mass is 283 g/mol. The van der Waals surface area contributed by atoms with Crippen LogP contribution in [-0.4, -0.2) is 77.1 Å². The van der Waals surface area contributed by atoms with E-state index in [0.717, 1.165) is 38.9 Å². The van der Waals surface area contributed by atoms with Gasteiger partial charge in [0.05, 0.1) is 6.42 Å². The number of urea groups is 1.